The van der Waals surface area contributed by atoms with Crippen LogP contribution in [-0.2, 0) is 17.9 Å². The maximum Gasteiger partial charge on any atom is 0.224 e. The molecule has 6 nitrogen and oxygen atoms in total. The largest absolute Gasteiger partial charge is 0.342 e. The van der Waals surface area contributed by atoms with E-state index >= 15 is 0 Å². The van der Waals surface area contributed by atoms with Crippen LogP contribution in [0.5, 0.6) is 0 Å². The Balaban J connectivity index is 1.48. The normalized spacial score (nSPS) is 21.1. The molecule has 122 valence electrons. The van der Waals surface area contributed by atoms with Crippen molar-refractivity contribution in [3.05, 3.63) is 34.0 Å². The number of aromatic nitrogens is 3. The first-order valence-electron chi connectivity index (χ1n) is 8.12. The SMILES string of the molecule is Cc1nc(CN2Cc3ccnn3[C@@H](CC(=O)N3CCC3)C2)cs1. The lowest BCUT2D eigenvalue weighted by Gasteiger charge is -2.36. The van der Waals surface area contributed by atoms with Crippen LogP contribution >= 0.6 is 11.3 Å². The zero-order valence-corrected chi connectivity index (χ0v) is 14.1. The Morgan fingerprint density at radius 1 is 1.43 bits per heavy atom. The quantitative estimate of drug-likeness (QED) is 0.858. The fourth-order valence-corrected chi connectivity index (χ4v) is 3.95. The predicted molar refractivity (Wildman–Crippen MR) is 88.0 cm³/mol. The van der Waals surface area contributed by atoms with Crippen molar-refractivity contribution in [2.24, 2.45) is 0 Å². The van der Waals surface area contributed by atoms with Gasteiger partial charge in [-0.05, 0) is 19.4 Å². The van der Waals surface area contributed by atoms with E-state index in [0.717, 1.165) is 49.8 Å². The molecule has 1 atom stereocenters. The lowest BCUT2D eigenvalue weighted by molar-refractivity contribution is -0.135. The summed E-state index contributed by atoms with van der Waals surface area (Å²) in [5.74, 6) is 0.258. The van der Waals surface area contributed by atoms with Gasteiger partial charge in [0.1, 0.15) is 0 Å². The van der Waals surface area contributed by atoms with Gasteiger partial charge in [0.15, 0.2) is 0 Å². The standard InChI is InChI=1S/C16H21N5OS/c1-12-18-13(11-23-12)8-19-9-14-3-4-17-21(14)15(10-19)7-16(22)20-5-2-6-20/h3-4,11,15H,2,5-10H2,1H3/t15-/m0/s1. The van der Waals surface area contributed by atoms with Gasteiger partial charge in [0.05, 0.1) is 28.9 Å². The lowest BCUT2D eigenvalue weighted by atomic mass is 10.1. The van der Waals surface area contributed by atoms with E-state index in [4.69, 9.17) is 0 Å². The van der Waals surface area contributed by atoms with E-state index in [-0.39, 0.29) is 11.9 Å². The monoisotopic (exact) mass is 331 g/mol. The molecule has 1 fully saturated rings. The van der Waals surface area contributed by atoms with Gasteiger partial charge in [-0.1, -0.05) is 0 Å². The number of thiazole rings is 1. The second-order valence-corrected chi connectivity index (χ2v) is 7.45. The van der Waals surface area contributed by atoms with Gasteiger partial charge in [-0.2, -0.15) is 5.10 Å². The maximum atomic E-state index is 12.3. The second kappa shape index (κ2) is 6.05. The first-order chi connectivity index (χ1) is 11.2. The van der Waals surface area contributed by atoms with E-state index in [2.05, 4.69) is 26.4 Å². The topological polar surface area (TPSA) is 54.3 Å². The van der Waals surface area contributed by atoms with Crippen LogP contribution in [0.15, 0.2) is 17.6 Å². The van der Waals surface area contributed by atoms with Crippen LogP contribution in [0.3, 0.4) is 0 Å². The minimum atomic E-state index is 0.126. The van der Waals surface area contributed by atoms with Crippen LogP contribution in [0.1, 0.15) is 35.3 Å². The Kier molecular flexibility index (Phi) is 3.90. The third-order valence-electron chi connectivity index (χ3n) is 4.62. The van der Waals surface area contributed by atoms with Crippen LogP contribution in [0.2, 0.25) is 0 Å². The maximum absolute atomic E-state index is 12.3. The van der Waals surface area contributed by atoms with Crippen LogP contribution < -0.4 is 0 Å². The highest BCUT2D eigenvalue weighted by molar-refractivity contribution is 7.09. The molecule has 0 unspecified atom stereocenters. The number of carbonyl (C=O) groups excluding carboxylic acids is 1. The molecule has 0 aromatic carbocycles. The van der Waals surface area contributed by atoms with E-state index < -0.39 is 0 Å². The molecule has 7 heteroatoms. The summed E-state index contributed by atoms with van der Waals surface area (Å²) < 4.78 is 2.04. The van der Waals surface area contributed by atoms with Gasteiger partial charge in [0.2, 0.25) is 5.91 Å². The van der Waals surface area contributed by atoms with Gasteiger partial charge in [-0.15, -0.1) is 11.3 Å². The average molecular weight is 331 g/mol. The smallest absolute Gasteiger partial charge is 0.224 e. The molecule has 2 aromatic rings. The molecule has 4 heterocycles. The number of amides is 1. The summed E-state index contributed by atoms with van der Waals surface area (Å²) in [6, 6.07) is 2.18. The van der Waals surface area contributed by atoms with Gasteiger partial charge >= 0.3 is 0 Å². The Bertz CT molecular complexity index is 705. The van der Waals surface area contributed by atoms with Crippen molar-refractivity contribution in [3.8, 4) is 0 Å². The molecule has 2 aromatic heterocycles. The number of hydrogen-bond acceptors (Lipinski definition) is 5. The molecule has 2 aliphatic rings. The van der Waals surface area contributed by atoms with Crippen molar-refractivity contribution in [2.45, 2.75) is 38.9 Å². The summed E-state index contributed by atoms with van der Waals surface area (Å²) in [4.78, 5) is 21.2. The van der Waals surface area contributed by atoms with Crippen LogP contribution in [0.25, 0.3) is 0 Å². The molecule has 0 spiro atoms. The van der Waals surface area contributed by atoms with Crippen molar-refractivity contribution >= 4 is 17.2 Å². The number of likely N-dealkylation sites (tertiary alicyclic amines) is 1. The molecule has 1 saturated heterocycles. The first kappa shape index (κ1) is 14.8. The molecule has 0 radical (unpaired) electrons. The third kappa shape index (κ3) is 3.03. The van der Waals surface area contributed by atoms with Gasteiger partial charge < -0.3 is 4.90 Å². The van der Waals surface area contributed by atoms with Crippen LogP contribution in [0, 0.1) is 6.92 Å². The average Bonchev–Trinajstić information content (AvgIpc) is 3.06. The Morgan fingerprint density at radius 3 is 3.00 bits per heavy atom. The van der Waals surface area contributed by atoms with E-state index in [1.165, 1.54) is 5.69 Å². The van der Waals surface area contributed by atoms with E-state index in [1.54, 1.807) is 11.3 Å². The van der Waals surface area contributed by atoms with E-state index in [9.17, 15) is 4.79 Å². The van der Waals surface area contributed by atoms with Crippen molar-refractivity contribution in [2.75, 3.05) is 19.6 Å². The molecule has 0 aliphatic carbocycles. The summed E-state index contributed by atoms with van der Waals surface area (Å²) in [5.41, 5.74) is 2.30. The lowest BCUT2D eigenvalue weighted by Crippen LogP contribution is -2.45. The van der Waals surface area contributed by atoms with Crippen molar-refractivity contribution in [1.82, 2.24) is 24.6 Å². The minimum Gasteiger partial charge on any atom is -0.342 e. The fourth-order valence-electron chi connectivity index (χ4n) is 3.34. The summed E-state index contributed by atoms with van der Waals surface area (Å²) in [6.07, 6.45) is 3.52. The van der Waals surface area contributed by atoms with Crippen LogP contribution in [0.4, 0.5) is 0 Å². The molecule has 0 saturated carbocycles. The predicted octanol–water partition coefficient (Wildman–Crippen LogP) is 1.83. The number of aryl methyl sites for hydroxylation is 1. The summed E-state index contributed by atoms with van der Waals surface area (Å²) in [5, 5.41) is 7.68. The number of rotatable bonds is 4. The molecule has 4 rings (SSSR count). The number of fused-ring (bicyclic) bond motifs is 1. The molecule has 23 heavy (non-hydrogen) atoms. The van der Waals surface area contributed by atoms with E-state index in [0.29, 0.717) is 6.42 Å². The zero-order valence-electron chi connectivity index (χ0n) is 13.3. The van der Waals surface area contributed by atoms with Gasteiger partial charge in [-0.25, -0.2) is 4.98 Å². The van der Waals surface area contributed by atoms with Crippen molar-refractivity contribution < 1.29 is 4.79 Å². The number of hydrogen-bond donors (Lipinski definition) is 0. The molecular weight excluding hydrogens is 310 g/mol. The molecule has 0 N–H and O–H groups in total. The third-order valence-corrected chi connectivity index (χ3v) is 5.45. The molecule has 0 bridgehead atoms. The summed E-state index contributed by atoms with van der Waals surface area (Å²) in [7, 11) is 0. The fraction of sp³-hybridized carbons (Fsp3) is 0.562. The molecular formula is C16H21N5OS. The number of nitrogens with zero attached hydrogens (tertiary/aromatic N) is 5. The molecule has 2 aliphatic heterocycles. The highest BCUT2D eigenvalue weighted by Crippen LogP contribution is 2.26. The van der Waals surface area contributed by atoms with Gasteiger partial charge in [-0.3, -0.25) is 14.4 Å². The molecule has 1 amide bonds. The first-order valence-corrected chi connectivity index (χ1v) is 9.00. The van der Waals surface area contributed by atoms with E-state index in [1.807, 2.05) is 22.7 Å². The van der Waals surface area contributed by atoms with Crippen molar-refractivity contribution in [3.63, 3.8) is 0 Å². The minimum absolute atomic E-state index is 0.126. The Morgan fingerprint density at radius 2 is 2.30 bits per heavy atom. The Labute approximate surface area is 139 Å². The number of carbonyl (C=O) groups is 1. The summed E-state index contributed by atoms with van der Waals surface area (Å²) >= 11 is 1.69. The second-order valence-electron chi connectivity index (χ2n) is 6.39. The highest BCUT2D eigenvalue weighted by Gasteiger charge is 2.30. The highest BCUT2D eigenvalue weighted by atomic mass is 32.1. The van der Waals surface area contributed by atoms with Gasteiger partial charge in [0.25, 0.3) is 0 Å². The van der Waals surface area contributed by atoms with Gasteiger partial charge in [0, 0.05) is 44.3 Å². The summed E-state index contributed by atoms with van der Waals surface area (Å²) in [6.45, 7) is 6.42. The Hall–Kier alpha value is -1.73. The van der Waals surface area contributed by atoms with Crippen LogP contribution in [-0.4, -0.2) is 50.1 Å². The van der Waals surface area contributed by atoms with Crippen molar-refractivity contribution in [1.29, 1.82) is 0 Å². The zero-order chi connectivity index (χ0) is 15.8.